The monoisotopic (exact) mass is 764 g/mol. The van der Waals surface area contributed by atoms with Crippen molar-refractivity contribution in [3.63, 3.8) is 0 Å². The molecule has 5 aromatic carbocycles. The molecule has 294 valence electrons. The minimum atomic E-state index is -0.910. The average molecular weight is 765 g/mol. The van der Waals surface area contributed by atoms with E-state index in [9.17, 15) is 9.59 Å². The summed E-state index contributed by atoms with van der Waals surface area (Å²) in [6, 6.07) is 47.6. The van der Waals surface area contributed by atoms with E-state index in [0.717, 1.165) is 33.6 Å². The van der Waals surface area contributed by atoms with Crippen LogP contribution in [0.2, 0.25) is 0 Å². The lowest BCUT2D eigenvalue weighted by Crippen LogP contribution is -2.49. The molecule has 0 spiro atoms. The maximum atomic E-state index is 13.4. The Balaban J connectivity index is 1.28. The van der Waals surface area contributed by atoms with E-state index < -0.39 is 23.8 Å². The van der Waals surface area contributed by atoms with Gasteiger partial charge in [0.25, 0.3) is 0 Å². The van der Waals surface area contributed by atoms with E-state index >= 15 is 0 Å². The third-order valence-corrected chi connectivity index (χ3v) is 10.5. The van der Waals surface area contributed by atoms with Crippen molar-refractivity contribution < 1.29 is 33.3 Å². The Morgan fingerprint density at radius 2 is 1.26 bits per heavy atom. The first kappa shape index (κ1) is 40.9. The fourth-order valence-corrected chi connectivity index (χ4v) is 7.55. The summed E-state index contributed by atoms with van der Waals surface area (Å²) in [5, 5.41) is 0. The number of methoxy groups -OCH3 is 1. The minimum Gasteiger partial charge on any atom is -0.497 e. The molecule has 5 atom stereocenters. The van der Waals surface area contributed by atoms with Gasteiger partial charge >= 0.3 is 11.9 Å². The smallest absolute Gasteiger partial charge is 0.338 e. The molecule has 7 heteroatoms. The average Bonchev–Trinajstić information content (AvgIpc) is 3.24. The number of hydrogen-bond acceptors (Lipinski definition) is 7. The van der Waals surface area contributed by atoms with Crippen LogP contribution in [-0.4, -0.2) is 44.0 Å². The molecule has 0 radical (unpaired) electrons. The van der Waals surface area contributed by atoms with E-state index in [0.29, 0.717) is 38.0 Å². The van der Waals surface area contributed by atoms with Gasteiger partial charge in [0.2, 0.25) is 0 Å². The van der Waals surface area contributed by atoms with Gasteiger partial charge in [0.05, 0.1) is 32.0 Å². The summed E-state index contributed by atoms with van der Waals surface area (Å²) in [5.41, 5.74) is 4.56. The maximum absolute atomic E-state index is 13.4. The summed E-state index contributed by atoms with van der Waals surface area (Å²) in [6.07, 6.45) is 4.14. The molecule has 1 unspecified atom stereocenters. The first-order valence-corrected chi connectivity index (χ1v) is 19.6. The van der Waals surface area contributed by atoms with Gasteiger partial charge < -0.3 is 23.7 Å². The summed E-state index contributed by atoms with van der Waals surface area (Å²) in [7, 11) is 1.64. The third-order valence-electron chi connectivity index (χ3n) is 10.5. The quantitative estimate of drug-likeness (QED) is 0.0471. The lowest BCUT2D eigenvalue weighted by molar-refractivity contribution is -0.149. The SMILES string of the molecule is C=C(C)C[C@@H](/C=C/C(C[C@@H]1[C@H](COC(c2ccccc2)(c2ccccc2)c2ccccc2)C[C@@H]1OC(=O)c1ccccc1)OC(C)=O)OCc1ccc(OC)cc1. The van der Waals surface area contributed by atoms with Crippen molar-refractivity contribution in [1.82, 2.24) is 0 Å². The fourth-order valence-electron chi connectivity index (χ4n) is 7.55. The molecule has 7 nitrogen and oxygen atoms in total. The molecule has 0 aliphatic heterocycles. The molecule has 1 fully saturated rings. The molecular formula is C50H52O7. The summed E-state index contributed by atoms with van der Waals surface area (Å²) in [5.74, 6) is -0.198. The van der Waals surface area contributed by atoms with Gasteiger partial charge in [0, 0.05) is 12.8 Å². The van der Waals surface area contributed by atoms with Crippen molar-refractivity contribution in [2.24, 2.45) is 11.8 Å². The molecule has 57 heavy (non-hydrogen) atoms. The summed E-state index contributed by atoms with van der Waals surface area (Å²) in [6.45, 7) is 8.24. The van der Waals surface area contributed by atoms with E-state index in [-0.39, 0.29) is 23.9 Å². The first-order chi connectivity index (χ1) is 27.7. The van der Waals surface area contributed by atoms with E-state index in [4.69, 9.17) is 23.7 Å². The predicted octanol–water partition coefficient (Wildman–Crippen LogP) is 10.3. The molecule has 0 saturated heterocycles. The zero-order valence-corrected chi connectivity index (χ0v) is 33.0. The van der Waals surface area contributed by atoms with Crippen LogP contribution in [0.4, 0.5) is 0 Å². The number of rotatable bonds is 19. The van der Waals surface area contributed by atoms with Crippen molar-refractivity contribution in [2.45, 2.75) is 63.6 Å². The number of carbonyl (C=O) groups excluding carboxylic acids is 2. The van der Waals surface area contributed by atoms with Crippen LogP contribution in [0.25, 0.3) is 0 Å². The zero-order chi connectivity index (χ0) is 40.0. The lowest BCUT2D eigenvalue weighted by atomic mass is 9.68. The molecule has 0 aromatic heterocycles. The highest BCUT2D eigenvalue weighted by Gasteiger charge is 2.47. The van der Waals surface area contributed by atoms with E-state index in [1.807, 2.05) is 116 Å². The Labute approximate surface area is 336 Å². The third kappa shape index (κ3) is 10.8. The van der Waals surface area contributed by atoms with Crippen molar-refractivity contribution in [3.8, 4) is 5.75 Å². The molecule has 6 rings (SSSR count). The van der Waals surface area contributed by atoms with Crippen LogP contribution < -0.4 is 4.74 Å². The van der Waals surface area contributed by atoms with Crippen LogP contribution in [0.15, 0.2) is 170 Å². The standard InChI is InChI=1S/C50H52O7/c1-36(2)31-45(54-34-38-25-27-44(53-4)28-26-38)29-30-46(56-37(3)51)33-47-40(32-48(47)57-49(52)39-17-9-5-10-18-39)35-55-50(41-19-11-6-12-20-41,42-21-13-7-14-22-42)43-23-15-8-16-24-43/h5-30,40,45-48H,1,31-35H2,2-4H3/b30-29+/t40-,45+,46?,47+,48-/m0/s1. The van der Waals surface area contributed by atoms with Gasteiger partial charge in [0.15, 0.2) is 0 Å². The second-order valence-corrected chi connectivity index (χ2v) is 14.7. The highest BCUT2D eigenvalue weighted by Crippen LogP contribution is 2.46. The number of carbonyl (C=O) groups is 2. The van der Waals surface area contributed by atoms with Gasteiger partial charge in [-0.15, -0.1) is 6.58 Å². The van der Waals surface area contributed by atoms with Crippen LogP contribution in [0.1, 0.15) is 65.7 Å². The molecule has 5 aromatic rings. The Kier molecular flexibility index (Phi) is 14.3. The molecular weight excluding hydrogens is 713 g/mol. The summed E-state index contributed by atoms with van der Waals surface area (Å²) < 4.78 is 31.0. The van der Waals surface area contributed by atoms with Crippen LogP contribution in [0.5, 0.6) is 5.75 Å². The second-order valence-electron chi connectivity index (χ2n) is 14.7. The Bertz CT molecular complexity index is 1950. The van der Waals surface area contributed by atoms with E-state index in [1.165, 1.54) is 6.92 Å². The Morgan fingerprint density at radius 3 is 1.77 bits per heavy atom. The summed E-state index contributed by atoms with van der Waals surface area (Å²) in [4.78, 5) is 26.0. The van der Waals surface area contributed by atoms with E-state index in [1.54, 1.807) is 19.2 Å². The fraction of sp³-hybridized carbons (Fsp3) is 0.280. The van der Waals surface area contributed by atoms with Crippen LogP contribution in [0.3, 0.4) is 0 Å². The maximum Gasteiger partial charge on any atom is 0.338 e. The summed E-state index contributed by atoms with van der Waals surface area (Å²) >= 11 is 0. The normalized spacial score (nSPS) is 17.6. The topological polar surface area (TPSA) is 80.3 Å². The van der Waals surface area contributed by atoms with Gasteiger partial charge in [-0.1, -0.05) is 133 Å². The molecule has 0 amide bonds. The molecule has 0 heterocycles. The molecule has 0 N–H and O–H groups in total. The van der Waals surface area contributed by atoms with Gasteiger partial charge in [-0.2, -0.15) is 0 Å². The van der Waals surface area contributed by atoms with Crippen LogP contribution in [0, 0.1) is 11.8 Å². The Hall–Kier alpha value is -5.76. The number of hydrogen-bond donors (Lipinski definition) is 0. The van der Waals surface area contributed by atoms with Gasteiger partial charge in [0.1, 0.15) is 23.6 Å². The van der Waals surface area contributed by atoms with Gasteiger partial charge in [-0.05, 0) is 84.7 Å². The zero-order valence-electron chi connectivity index (χ0n) is 33.0. The molecule has 1 saturated carbocycles. The van der Waals surface area contributed by atoms with Crippen LogP contribution in [-0.2, 0) is 35.9 Å². The molecule has 0 bridgehead atoms. The van der Waals surface area contributed by atoms with Crippen LogP contribution >= 0.6 is 0 Å². The molecule has 1 aliphatic carbocycles. The van der Waals surface area contributed by atoms with Crippen molar-refractivity contribution in [3.05, 3.63) is 198 Å². The number of esters is 2. The minimum absolute atomic E-state index is 0.0157. The largest absolute Gasteiger partial charge is 0.497 e. The molecule has 1 aliphatic rings. The Morgan fingerprint density at radius 1 is 0.737 bits per heavy atom. The van der Waals surface area contributed by atoms with Crippen molar-refractivity contribution in [2.75, 3.05) is 13.7 Å². The number of ether oxygens (including phenoxy) is 5. The highest BCUT2D eigenvalue weighted by molar-refractivity contribution is 5.89. The van der Waals surface area contributed by atoms with Crippen molar-refractivity contribution >= 4 is 11.9 Å². The van der Waals surface area contributed by atoms with E-state index in [2.05, 4.69) is 43.0 Å². The highest BCUT2D eigenvalue weighted by atomic mass is 16.6. The predicted molar refractivity (Wildman–Crippen MR) is 223 cm³/mol. The first-order valence-electron chi connectivity index (χ1n) is 19.6. The second kappa shape index (κ2) is 19.9. The van der Waals surface area contributed by atoms with Gasteiger partial charge in [-0.25, -0.2) is 4.79 Å². The lowest BCUT2D eigenvalue weighted by Gasteiger charge is -2.46. The van der Waals surface area contributed by atoms with Crippen molar-refractivity contribution in [1.29, 1.82) is 0 Å². The van der Waals surface area contributed by atoms with Gasteiger partial charge in [-0.3, -0.25) is 4.79 Å². The number of benzene rings is 5.